The second kappa shape index (κ2) is 9.77. The molecule has 0 amide bonds. The van der Waals surface area contributed by atoms with Gasteiger partial charge in [-0.1, -0.05) is 75.7 Å². The van der Waals surface area contributed by atoms with Crippen LogP contribution in [0.1, 0.15) is 54.5 Å². The Hall–Kier alpha value is -3.81. The summed E-state index contributed by atoms with van der Waals surface area (Å²) in [5.41, 5.74) is 6.01. The highest BCUT2D eigenvalue weighted by Gasteiger charge is 2.23. The van der Waals surface area contributed by atoms with Gasteiger partial charge in [0.05, 0.1) is 5.69 Å². The molecule has 0 saturated carbocycles. The van der Waals surface area contributed by atoms with Crippen LogP contribution in [0.2, 0.25) is 0 Å². The number of carbonyl (C=O) groups is 1. The molecule has 0 aliphatic heterocycles. The summed E-state index contributed by atoms with van der Waals surface area (Å²) in [6.07, 6.45) is 2.21. The molecule has 0 aliphatic rings. The molecule has 4 aromatic rings. The minimum atomic E-state index is -0.924. The second-order valence-electron chi connectivity index (χ2n) is 8.57. The number of aromatic carboxylic acids is 1. The van der Waals surface area contributed by atoms with Crippen molar-refractivity contribution in [3.05, 3.63) is 71.0 Å². The number of H-pyrrole nitrogens is 1. The molecule has 0 aliphatic carbocycles. The minimum absolute atomic E-state index is 0.305. The Kier molecular flexibility index (Phi) is 6.63. The molecule has 2 heterocycles. The van der Waals surface area contributed by atoms with Crippen LogP contribution in [0.4, 0.5) is 0 Å². The lowest BCUT2D eigenvalue weighted by Gasteiger charge is -2.10. The van der Waals surface area contributed by atoms with Crippen LogP contribution in [0.5, 0.6) is 0 Å². The van der Waals surface area contributed by atoms with Gasteiger partial charge < -0.3 is 5.11 Å². The third kappa shape index (κ3) is 4.84. The van der Waals surface area contributed by atoms with Crippen LogP contribution < -0.4 is 0 Å². The van der Waals surface area contributed by atoms with E-state index in [9.17, 15) is 9.90 Å². The molecular weight excluding hydrogens is 416 g/mol. The van der Waals surface area contributed by atoms with Crippen molar-refractivity contribution in [3.8, 4) is 22.5 Å². The standard InChI is InChI=1S/C25H28N6O2/c1-4-7-22-21(23(25(32)33)31(28-22)15-16(2)3)14-17-10-12-18(13-11-17)19-8-5-6-9-20(19)24-26-29-30-27-24/h5-6,8-13,16H,4,7,14-15H2,1-3H3,(H,32,33)(H,26,27,29,30). The van der Waals surface area contributed by atoms with Gasteiger partial charge in [0.15, 0.2) is 5.82 Å². The number of benzene rings is 2. The Bertz CT molecular complexity index is 1230. The zero-order valence-corrected chi connectivity index (χ0v) is 19.1. The van der Waals surface area contributed by atoms with Crippen molar-refractivity contribution >= 4 is 5.97 Å². The number of nitrogens with zero attached hydrogens (tertiary/aromatic N) is 5. The summed E-state index contributed by atoms with van der Waals surface area (Å²) >= 11 is 0. The maximum absolute atomic E-state index is 12.1. The fourth-order valence-electron chi connectivity index (χ4n) is 4.11. The number of carboxylic acids is 1. The fraction of sp³-hybridized carbons (Fsp3) is 0.320. The van der Waals surface area contributed by atoms with E-state index in [-0.39, 0.29) is 0 Å². The fourth-order valence-corrected chi connectivity index (χ4v) is 4.11. The molecular formula is C25H28N6O2. The van der Waals surface area contributed by atoms with Crippen LogP contribution in [0.15, 0.2) is 48.5 Å². The molecule has 8 nitrogen and oxygen atoms in total. The lowest BCUT2D eigenvalue weighted by atomic mass is 9.95. The van der Waals surface area contributed by atoms with Crippen LogP contribution in [-0.2, 0) is 19.4 Å². The molecule has 2 aromatic heterocycles. The summed E-state index contributed by atoms with van der Waals surface area (Å²) in [5.74, 6) is -0.00138. The van der Waals surface area contributed by atoms with Gasteiger partial charge in [0.2, 0.25) is 0 Å². The number of aromatic nitrogens is 6. The molecule has 0 fully saturated rings. The molecule has 0 atom stereocenters. The average molecular weight is 445 g/mol. The molecule has 0 bridgehead atoms. The molecule has 2 aromatic carbocycles. The van der Waals surface area contributed by atoms with E-state index in [1.165, 1.54) is 0 Å². The van der Waals surface area contributed by atoms with Gasteiger partial charge in [-0.3, -0.25) is 4.68 Å². The van der Waals surface area contributed by atoms with Gasteiger partial charge in [0.25, 0.3) is 0 Å². The van der Waals surface area contributed by atoms with Gasteiger partial charge in [0, 0.05) is 24.1 Å². The third-order valence-electron chi connectivity index (χ3n) is 5.53. The van der Waals surface area contributed by atoms with E-state index in [0.29, 0.717) is 30.4 Å². The summed E-state index contributed by atoms with van der Waals surface area (Å²) < 4.78 is 1.67. The van der Waals surface area contributed by atoms with Gasteiger partial charge in [-0.2, -0.15) is 5.10 Å². The van der Waals surface area contributed by atoms with E-state index in [1.807, 2.05) is 36.4 Å². The minimum Gasteiger partial charge on any atom is -0.477 e. The maximum Gasteiger partial charge on any atom is 0.354 e. The zero-order valence-electron chi connectivity index (χ0n) is 19.1. The molecule has 0 radical (unpaired) electrons. The van der Waals surface area contributed by atoms with Crippen molar-refractivity contribution in [3.63, 3.8) is 0 Å². The Morgan fingerprint density at radius 3 is 2.42 bits per heavy atom. The Morgan fingerprint density at radius 1 is 1.09 bits per heavy atom. The lowest BCUT2D eigenvalue weighted by molar-refractivity contribution is 0.0681. The average Bonchev–Trinajstić information content (AvgIpc) is 3.43. The second-order valence-corrected chi connectivity index (χ2v) is 8.57. The van der Waals surface area contributed by atoms with Crippen LogP contribution in [0, 0.1) is 5.92 Å². The highest BCUT2D eigenvalue weighted by molar-refractivity contribution is 5.88. The number of hydrogen-bond acceptors (Lipinski definition) is 5. The van der Waals surface area contributed by atoms with Crippen molar-refractivity contribution in [2.24, 2.45) is 5.92 Å². The first-order valence-electron chi connectivity index (χ1n) is 11.2. The molecule has 2 N–H and O–H groups in total. The summed E-state index contributed by atoms with van der Waals surface area (Å²) in [6, 6.07) is 16.1. The van der Waals surface area contributed by atoms with Crippen molar-refractivity contribution in [2.45, 2.75) is 46.6 Å². The van der Waals surface area contributed by atoms with Gasteiger partial charge >= 0.3 is 5.97 Å². The first-order chi connectivity index (χ1) is 16.0. The first-order valence-corrected chi connectivity index (χ1v) is 11.2. The van der Waals surface area contributed by atoms with Crippen molar-refractivity contribution in [1.82, 2.24) is 30.4 Å². The van der Waals surface area contributed by atoms with Crippen molar-refractivity contribution < 1.29 is 9.90 Å². The number of aromatic amines is 1. The number of aryl methyl sites for hydroxylation is 1. The monoisotopic (exact) mass is 444 g/mol. The summed E-state index contributed by atoms with van der Waals surface area (Å²) in [6.45, 7) is 6.81. The SMILES string of the molecule is CCCc1nn(CC(C)C)c(C(=O)O)c1Cc1ccc(-c2ccccc2-c2nnn[nH]2)cc1. The van der Waals surface area contributed by atoms with Crippen molar-refractivity contribution in [2.75, 3.05) is 0 Å². The highest BCUT2D eigenvalue weighted by atomic mass is 16.4. The van der Waals surface area contributed by atoms with Gasteiger partial charge in [-0.25, -0.2) is 9.89 Å². The number of nitrogens with one attached hydrogen (secondary N) is 1. The Morgan fingerprint density at radius 2 is 1.82 bits per heavy atom. The van der Waals surface area contributed by atoms with E-state index in [0.717, 1.165) is 46.4 Å². The molecule has 0 unspecified atom stereocenters. The predicted molar refractivity (Wildman–Crippen MR) is 126 cm³/mol. The number of carboxylic acid groups (broad SMARTS) is 1. The number of rotatable bonds is 9. The Balaban J connectivity index is 1.67. The molecule has 0 saturated heterocycles. The quantitative estimate of drug-likeness (QED) is 0.390. The van der Waals surface area contributed by atoms with E-state index in [4.69, 9.17) is 0 Å². The first kappa shape index (κ1) is 22.4. The van der Waals surface area contributed by atoms with E-state index in [1.54, 1.807) is 4.68 Å². The zero-order chi connectivity index (χ0) is 23.4. The van der Waals surface area contributed by atoms with Crippen LogP contribution in [-0.4, -0.2) is 41.5 Å². The predicted octanol–water partition coefficient (Wildman–Crippen LogP) is 4.63. The third-order valence-corrected chi connectivity index (χ3v) is 5.53. The maximum atomic E-state index is 12.1. The summed E-state index contributed by atoms with van der Waals surface area (Å²) in [4.78, 5) is 12.1. The normalized spacial score (nSPS) is 11.3. The van der Waals surface area contributed by atoms with Crippen LogP contribution in [0.3, 0.4) is 0 Å². The molecule has 0 spiro atoms. The highest BCUT2D eigenvalue weighted by Crippen LogP contribution is 2.30. The van der Waals surface area contributed by atoms with Crippen LogP contribution >= 0.6 is 0 Å². The Labute approximate surface area is 192 Å². The number of tetrazole rings is 1. The van der Waals surface area contributed by atoms with E-state index >= 15 is 0 Å². The molecule has 4 rings (SSSR count). The molecule has 170 valence electrons. The number of hydrogen-bond donors (Lipinski definition) is 2. The van der Waals surface area contributed by atoms with Gasteiger partial charge in [-0.05, 0) is 39.5 Å². The molecule has 8 heteroatoms. The topological polar surface area (TPSA) is 110 Å². The van der Waals surface area contributed by atoms with E-state index < -0.39 is 5.97 Å². The largest absolute Gasteiger partial charge is 0.477 e. The summed E-state index contributed by atoms with van der Waals surface area (Å²) in [5, 5.41) is 28.9. The van der Waals surface area contributed by atoms with Crippen LogP contribution in [0.25, 0.3) is 22.5 Å². The smallest absolute Gasteiger partial charge is 0.354 e. The summed E-state index contributed by atoms with van der Waals surface area (Å²) in [7, 11) is 0. The van der Waals surface area contributed by atoms with Gasteiger partial charge in [-0.15, -0.1) is 5.10 Å². The van der Waals surface area contributed by atoms with Gasteiger partial charge in [0.1, 0.15) is 5.69 Å². The molecule has 33 heavy (non-hydrogen) atoms. The van der Waals surface area contributed by atoms with E-state index in [2.05, 4.69) is 58.6 Å². The van der Waals surface area contributed by atoms with Crippen molar-refractivity contribution in [1.29, 1.82) is 0 Å². The lowest BCUT2D eigenvalue weighted by Crippen LogP contribution is -2.15.